The maximum atomic E-state index is 12.5. The van der Waals surface area contributed by atoms with E-state index in [0.717, 1.165) is 27.9 Å². The molecule has 0 N–H and O–H groups in total. The van der Waals surface area contributed by atoms with Crippen molar-refractivity contribution >= 4 is 41.0 Å². The number of carbonyl (C=O) groups is 2. The first kappa shape index (κ1) is 26.2. The molecule has 1 aromatic heterocycles. The highest BCUT2D eigenvalue weighted by Crippen LogP contribution is 2.28. The van der Waals surface area contributed by atoms with E-state index in [1.807, 2.05) is 79.0 Å². The molecule has 0 unspecified atom stereocenters. The summed E-state index contributed by atoms with van der Waals surface area (Å²) in [6, 6.07) is 32.4. The molecule has 1 heterocycles. The Labute approximate surface area is 235 Å². The number of aromatic nitrogens is 2. The molecule has 0 aliphatic heterocycles. The minimum atomic E-state index is -0.652. The quantitative estimate of drug-likeness (QED) is 0.111. The number of para-hydroxylation sites is 1. The molecule has 0 aliphatic carbocycles. The van der Waals surface area contributed by atoms with Crippen molar-refractivity contribution < 1.29 is 14.3 Å². The molecule has 0 radical (unpaired) electrons. The molecule has 0 aliphatic rings. The van der Waals surface area contributed by atoms with E-state index in [2.05, 4.69) is 12.1 Å². The molecule has 39 heavy (non-hydrogen) atoms. The Morgan fingerprint density at radius 2 is 1.41 bits per heavy atom. The predicted octanol–water partition coefficient (Wildman–Crippen LogP) is 7.95. The van der Waals surface area contributed by atoms with Crippen LogP contribution in [-0.4, -0.2) is 28.1 Å². The number of halogens is 2. The van der Waals surface area contributed by atoms with Crippen molar-refractivity contribution in [3.63, 3.8) is 0 Å². The van der Waals surface area contributed by atoms with E-state index in [0.29, 0.717) is 16.3 Å². The highest BCUT2D eigenvalue weighted by atomic mass is 35.5. The summed E-state index contributed by atoms with van der Waals surface area (Å²) >= 11 is 11.9. The number of esters is 1. The van der Waals surface area contributed by atoms with E-state index in [9.17, 15) is 9.59 Å². The summed E-state index contributed by atoms with van der Waals surface area (Å²) < 4.78 is 6.94. The van der Waals surface area contributed by atoms with Crippen LogP contribution in [0.1, 0.15) is 15.9 Å². The zero-order valence-electron chi connectivity index (χ0n) is 20.6. The molecule has 0 fully saturated rings. The van der Waals surface area contributed by atoms with E-state index in [1.165, 1.54) is 24.3 Å². The molecule has 0 atom stereocenters. The van der Waals surface area contributed by atoms with Crippen molar-refractivity contribution in [3.8, 4) is 28.1 Å². The van der Waals surface area contributed by atoms with Gasteiger partial charge in [0.2, 0.25) is 0 Å². The summed E-state index contributed by atoms with van der Waals surface area (Å²) in [5.41, 5.74) is 5.73. The van der Waals surface area contributed by atoms with Crippen molar-refractivity contribution in [3.05, 3.63) is 137 Å². The van der Waals surface area contributed by atoms with Crippen molar-refractivity contribution in [1.82, 2.24) is 9.78 Å². The fourth-order valence-electron chi connectivity index (χ4n) is 3.99. The maximum Gasteiger partial charge on any atom is 0.331 e. The van der Waals surface area contributed by atoms with Crippen LogP contribution in [0.3, 0.4) is 0 Å². The summed E-state index contributed by atoms with van der Waals surface area (Å²) in [7, 11) is 0. The number of ether oxygens (including phenoxy) is 1. The number of nitrogens with zero attached hydrogens (tertiary/aromatic N) is 2. The average molecular weight is 553 g/mol. The Balaban J connectivity index is 1.36. The van der Waals surface area contributed by atoms with Crippen LogP contribution in [0.4, 0.5) is 0 Å². The Bertz CT molecular complexity index is 1640. The molecule has 0 saturated carbocycles. The van der Waals surface area contributed by atoms with Gasteiger partial charge in [-0.05, 0) is 47.5 Å². The normalized spacial score (nSPS) is 11.0. The van der Waals surface area contributed by atoms with Crippen molar-refractivity contribution in [1.29, 1.82) is 0 Å². The van der Waals surface area contributed by atoms with Gasteiger partial charge in [-0.15, -0.1) is 0 Å². The van der Waals surface area contributed by atoms with E-state index < -0.39 is 12.6 Å². The van der Waals surface area contributed by atoms with Crippen molar-refractivity contribution in [2.75, 3.05) is 6.61 Å². The maximum absolute atomic E-state index is 12.5. The van der Waals surface area contributed by atoms with Crippen LogP contribution in [-0.2, 0) is 9.53 Å². The summed E-state index contributed by atoms with van der Waals surface area (Å²) in [6.45, 7) is -0.418. The highest BCUT2D eigenvalue weighted by Gasteiger charge is 2.13. The average Bonchev–Trinajstić information content (AvgIpc) is 3.41. The fourth-order valence-corrected chi connectivity index (χ4v) is 4.29. The minimum absolute atomic E-state index is 0.258. The Morgan fingerprint density at radius 3 is 2.10 bits per heavy atom. The SMILES string of the molecule is O=C(/C=C/c1cn(-c2ccccc2)nc1-c1ccc(-c2ccccc2)cc1)OCC(=O)c1ccc(Cl)c(Cl)c1. The molecule has 4 aromatic carbocycles. The van der Waals surface area contributed by atoms with Gasteiger partial charge in [0.25, 0.3) is 0 Å². The lowest BCUT2D eigenvalue weighted by Gasteiger charge is -2.04. The van der Waals surface area contributed by atoms with Crippen molar-refractivity contribution in [2.24, 2.45) is 0 Å². The molecule has 5 aromatic rings. The van der Waals surface area contributed by atoms with Crippen LogP contribution in [0, 0.1) is 0 Å². The number of Topliss-reactive ketones (excluding diaryl/α,β-unsaturated/α-hetero) is 1. The lowest BCUT2D eigenvalue weighted by Crippen LogP contribution is -2.12. The standard InChI is InChI=1S/C32H22Cl2N2O3/c33-28-17-15-25(19-29(28)34)30(37)21-39-31(38)18-16-26-20-36(27-9-5-2-6-10-27)35-32(26)24-13-11-23(12-14-24)22-7-3-1-4-8-22/h1-20H,21H2/b18-16+. The first-order valence-corrected chi connectivity index (χ1v) is 12.9. The van der Waals surface area contributed by atoms with E-state index in [4.69, 9.17) is 33.0 Å². The first-order valence-electron chi connectivity index (χ1n) is 12.1. The second-order valence-corrected chi connectivity index (χ2v) is 9.46. The molecule has 0 amide bonds. The van der Waals surface area contributed by atoms with Crippen LogP contribution in [0.5, 0.6) is 0 Å². The van der Waals surface area contributed by atoms with Gasteiger partial charge in [-0.2, -0.15) is 5.10 Å². The Kier molecular flexibility index (Phi) is 8.02. The van der Waals surface area contributed by atoms with Gasteiger partial charge in [-0.25, -0.2) is 9.48 Å². The first-order chi connectivity index (χ1) is 19.0. The molecule has 5 nitrogen and oxygen atoms in total. The summed E-state index contributed by atoms with van der Waals surface area (Å²) in [4.78, 5) is 24.9. The molecule has 0 spiro atoms. The van der Waals surface area contributed by atoms with E-state index in [-0.39, 0.29) is 10.8 Å². The number of hydrogen-bond donors (Lipinski definition) is 0. The number of carbonyl (C=O) groups excluding carboxylic acids is 2. The Hall–Kier alpha value is -4.45. The summed E-state index contributed by atoms with van der Waals surface area (Å²) in [5, 5.41) is 5.40. The van der Waals surface area contributed by atoms with Gasteiger partial charge in [-0.3, -0.25) is 4.79 Å². The third-order valence-electron chi connectivity index (χ3n) is 6.01. The lowest BCUT2D eigenvalue weighted by molar-refractivity contribution is -0.136. The van der Waals surface area contributed by atoms with Gasteiger partial charge in [-0.1, -0.05) is 96.0 Å². The van der Waals surface area contributed by atoms with Gasteiger partial charge < -0.3 is 4.74 Å². The number of hydrogen-bond acceptors (Lipinski definition) is 4. The third-order valence-corrected chi connectivity index (χ3v) is 6.75. The number of rotatable bonds is 8. The largest absolute Gasteiger partial charge is 0.454 e. The zero-order valence-corrected chi connectivity index (χ0v) is 22.1. The van der Waals surface area contributed by atoms with Gasteiger partial charge in [0.15, 0.2) is 12.4 Å². The number of benzene rings is 4. The van der Waals surface area contributed by atoms with Crippen LogP contribution >= 0.6 is 23.2 Å². The molecule has 5 rings (SSSR count). The van der Waals surface area contributed by atoms with Gasteiger partial charge in [0.1, 0.15) is 0 Å². The molecular formula is C32H22Cl2N2O3. The van der Waals surface area contributed by atoms with Crippen LogP contribution in [0.2, 0.25) is 10.0 Å². The van der Waals surface area contributed by atoms with E-state index in [1.54, 1.807) is 10.8 Å². The van der Waals surface area contributed by atoms with Crippen LogP contribution in [0.25, 0.3) is 34.1 Å². The van der Waals surface area contributed by atoms with Gasteiger partial charge in [0.05, 0.1) is 21.4 Å². The lowest BCUT2D eigenvalue weighted by atomic mass is 10.0. The minimum Gasteiger partial charge on any atom is -0.454 e. The molecular weight excluding hydrogens is 531 g/mol. The Morgan fingerprint density at radius 1 is 0.769 bits per heavy atom. The fraction of sp³-hybridized carbons (Fsp3) is 0.0312. The predicted molar refractivity (Wildman–Crippen MR) is 155 cm³/mol. The van der Waals surface area contributed by atoms with Crippen LogP contribution in [0.15, 0.2) is 115 Å². The highest BCUT2D eigenvalue weighted by molar-refractivity contribution is 6.42. The molecule has 0 saturated heterocycles. The molecule has 192 valence electrons. The van der Waals surface area contributed by atoms with Crippen molar-refractivity contribution in [2.45, 2.75) is 0 Å². The topological polar surface area (TPSA) is 61.2 Å². The van der Waals surface area contributed by atoms with Gasteiger partial charge in [0, 0.05) is 29.0 Å². The zero-order chi connectivity index (χ0) is 27.2. The monoisotopic (exact) mass is 552 g/mol. The number of ketones is 1. The van der Waals surface area contributed by atoms with E-state index >= 15 is 0 Å². The molecule has 0 bridgehead atoms. The van der Waals surface area contributed by atoms with Crippen LogP contribution < -0.4 is 0 Å². The molecule has 7 heteroatoms. The van der Waals surface area contributed by atoms with Gasteiger partial charge >= 0.3 is 5.97 Å². The summed E-state index contributed by atoms with van der Waals surface area (Å²) in [6.07, 6.45) is 4.77. The third kappa shape index (κ3) is 6.34. The second-order valence-electron chi connectivity index (χ2n) is 8.65. The smallest absolute Gasteiger partial charge is 0.331 e. The second kappa shape index (κ2) is 11.9. The summed E-state index contributed by atoms with van der Waals surface area (Å²) in [5.74, 6) is -1.03.